The minimum atomic E-state index is -4.00. The lowest BCUT2D eigenvalue weighted by Crippen LogP contribution is -2.14. The Morgan fingerprint density at radius 3 is 2.45 bits per heavy atom. The van der Waals surface area contributed by atoms with Gasteiger partial charge in [0.15, 0.2) is 0 Å². The van der Waals surface area contributed by atoms with Crippen LogP contribution in [0.25, 0.3) is 0 Å². The van der Waals surface area contributed by atoms with Crippen molar-refractivity contribution in [2.24, 2.45) is 0 Å². The van der Waals surface area contributed by atoms with Crippen molar-refractivity contribution in [3.8, 4) is 0 Å². The highest BCUT2D eigenvalue weighted by molar-refractivity contribution is 9.10. The molecule has 0 fully saturated rings. The van der Waals surface area contributed by atoms with Crippen molar-refractivity contribution in [3.05, 3.63) is 58.1 Å². The van der Waals surface area contributed by atoms with Crippen LogP contribution in [0.5, 0.6) is 0 Å². The molecule has 0 atom stereocenters. The van der Waals surface area contributed by atoms with Crippen molar-refractivity contribution in [1.82, 2.24) is 0 Å². The first kappa shape index (κ1) is 14.9. The van der Waals surface area contributed by atoms with Gasteiger partial charge in [-0.05, 0) is 52.7 Å². The molecule has 0 amide bonds. The summed E-state index contributed by atoms with van der Waals surface area (Å²) in [5.74, 6) is -1.58. The van der Waals surface area contributed by atoms with Crippen molar-refractivity contribution >= 4 is 31.6 Å². The molecule has 0 spiro atoms. The second-order valence-corrected chi connectivity index (χ2v) is 6.67. The Bertz CT molecular complexity index is 763. The van der Waals surface area contributed by atoms with Gasteiger partial charge >= 0.3 is 0 Å². The van der Waals surface area contributed by atoms with Gasteiger partial charge in [0.25, 0.3) is 10.0 Å². The molecule has 2 aromatic rings. The number of nitrogens with one attached hydrogen (secondary N) is 1. The van der Waals surface area contributed by atoms with Gasteiger partial charge in [-0.25, -0.2) is 17.2 Å². The molecule has 0 bridgehead atoms. The zero-order chi connectivity index (χ0) is 14.9. The lowest BCUT2D eigenvalue weighted by atomic mass is 10.2. The average Bonchev–Trinajstić information content (AvgIpc) is 2.33. The van der Waals surface area contributed by atoms with E-state index in [2.05, 4.69) is 15.9 Å². The van der Waals surface area contributed by atoms with Gasteiger partial charge in [-0.15, -0.1) is 0 Å². The molecule has 2 rings (SSSR count). The summed E-state index contributed by atoms with van der Waals surface area (Å²) in [6.07, 6.45) is 0. The van der Waals surface area contributed by atoms with Crippen molar-refractivity contribution in [3.63, 3.8) is 0 Å². The smallest absolute Gasteiger partial charge is 0.263 e. The van der Waals surface area contributed by atoms with Gasteiger partial charge in [-0.2, -0.15) is 0 Å². The Hall–Kier alpha value is -1.47. The van der Waals surface area contributed by atoms with Gasteiger partial charge in [0.1, 0.15) is 16.5 Å². The summed E-state index contributed by atoms with van der Waals surface area (Å²) in [5, 5.41) is 0. The van der Waals surface area contributed by atoms with E-state index < -0.39 is 27.3 Å². The van der Waals surface area contributed by atoms with E-state index in [9.17, 15) is 17.2 Å². The van der Waals surface area contributed by atoms with Gasteiger partial charge < -0.3 is 0 Å². The summed E-state index contributed by atoms with van der Waals surface area (Å²) in [6.45, 7) is 1.81. The molecular weight excluding hydrogens is 352 g/mol. The number of benzene rings is 2. The largest absolute Gasteiger partial charge is 0.277 e. The highest BCUT2D eigenvalue weighted by atomic mass is 79.9. The second kappa shape index (κ2) is 5.49. The van der Waals surface area contributed by atoms with Gasteiger partial charge in [-0.3, -0.25) is 4.72 Å². The van der Waals surface area contributed by atoms with Gasteiger partial charge in [0, 0.05) is 10.5 Å². The minimum Gasteiger partial charge on any atom is -0.277 e. The van der Waals surface area contributed by atoms with Crippen molar-refractivity contribution in [2.45, 2.75) is 11.8 Å². The van der Waals surface area contributed by atoms with E-state index >= 15 is 0 Å². The maximum absolute atomic E-state index is 13.5. The molecule has 0 aliphatic heterocycles. The predicted molar refractivity (Wildman–Crippen MR) is 76.0 cm³/mol. The summed E-state index contributed by atoms with van der Waals surface area (Å²) < 4.78 is 53.2. The molecule has 0 heterocycles. The maximum Gasteiger partial charge on any atom is 0.263 e. The highest BCUT2D eigenvalue weighted by Gasteiger charge is 2.19. The van der Waals surface area contributed by atoms with E-state index in [4.69, 9.17) is 0 Å². The van der Waals surface area contributed by atoms with E-state index in [0.29, 0.717) is 4.47 Å². The monoisotopic (exact) mass is 361 g/mol. The molecule has 0 aliphatic carbocycles. The third-order valence-corrected chi connectivity index (χ3v) is 4.89. The molecule has 2 aromatic carbocycles. The SMILES string of the molecule is Cc1ccc(S(=O)(=O)Nc2cc(F)ccc2F)c(Br)c1. The Labute approximate surface area is 123 Å². The van der Waals surface area contributed by atoms with Crippen LogP contribution in [-0.4, -0.2) is 8.42 Å². The number of halogens is 3. The number of anilines is 1. The molecule has 106 valence electrons. The Morgan fingerprint density at radius 2 is 1.80 bits per heavy atom. The molecule has 7 heteroatoms. The average molecular weight is 362 g/mol. The van der Waals surface area contributed by atoms with Crippen molar-refractivity contribution in [2.75, 3.05) is 4.72 Å². The van der Waals surface area contributed by atoms with Crippen molar-refractivity contribution in [1.29, 1.82) is 0 Å². The zero-order valence-corrected chi connectivity index (χ0v) is 12.7. The minimum absolute atomic E-state index is 0.0493. The molecule has 1 N–H and O–H groups in total. The number of hydrogen-bond donors (Lipinski definition) is 1. The van der Waals surface area contributed by atoms with E-state index in [0.717, 1.165) is 23.8 Å². The fourth-order valence-corrected chi connectivity index (χ4v) is 3.85. The fraction of sp³-hybridized carbons (Fsp3) is 0.0769. The number of rotatable bonds is 3. The number of sulfonamides is 1. The van der Waals surface area contributed by atoms with Crippen LogP contribution in [-0.2, 0) is 10.0 Å². The first-order valence-corrected chi connectivity index (χ1v) is 7.81. The molecule has 0 aliphatic rings. The maximum atomic E-state index is 13.5. The first-order valence-electron chi connectivity index (χ1n) is 5.53. The molecular formula is C13H10BrF2NO2S. The van der Waals surface area contributed by atoms with Crippen LogP contribution in [0.3, 0.4) is 0 Å². The normalized spacial score (nSPS) is 11.4. The molecule has 0 radical (unpaired) electrons. The second-order valence-electron chi connectivity index (χ2n) is 4.16. The van der Waals surface area contributed by atoms with E-state index in [1.807, 2.05) is 4.72 Å². The number of hydrogen-bond acceptors (Lipinski definition) is 2. The summed E-state index contributed by atoms with van der Waals surface area (Å²) in [7, 11) is -4.00. The zero-order valence-electron chi connectivity index (χ0n) is 10.3. The lowest BCUT2D eigenvalue weighted by molar-refractivity contribution is 0.594. The fourth-order valence-electron chi connectivity index (χ4n) is 1.60. The standard InChI is InChI=1S/C13H10BrF2NO2S/c1-8-2-5-13(10(14)6-8)20(18,19)17-12-7-9(15)3-4-11(12)16/h2-7,17H,1H3. The summed E-state index contributed by atoms with van der Waals surface area (Å²) >= 11 is 3.14. The third kappa shape index (κ3) is 3.16. The van der Waals surface area contributed by atoms with Crippen LogP contribution in [0.15, 0.2) is 45.8 Å². The van der Waals surface area contributed by atoms with Crippen LogP contribution in [0.4, 0.5) is 14.5 Å². The van der Waals surface area contributed by atoms with E-state index in [1.54, 1.807) is 19.1 Å². The third-order valence-electron chi connectivity index (χ3n) is 2.55. The van der Waals surface area contributed by atoms with Crippen LogP contribution in [0.1, 0.15) is 5.56 Å². The first-order chi connectivity index (χ1) is 9.29. The van der Waals surface area contributed by atoms with Crippen LogP contribution >= 0.6 is 15.9 Å². The quantitative estimate of drug-likeness (QED) is 0.902. The molecule has 0 saturated heterocycles. The summed E-state index contributed by atoms with van der Waals surface area (Å²) in [4.78, 5) is -0.0493. The van der Waals surface area contributed by atoms with Crippen molar-refractivity contribution < 1.29 is 17.2 Å². The van der Waals surface area contributed by atoms with Crippen LogP contribution < -0.4 is 4.72 Å². The highest BCUT2D eigenvalue weighted by Crippen LogP contribution is 2.26. The van der Waals surface area contributed by atoms with E-state index in [1.165, 1.54) is 6.07 Å². The van der Waals surface area contributed by atoms with Gasteiger partial charge in [-0.1, -0.05) is 6.07 Å². The predicted octanol–water partition coefficient (Wildman–Crippen LogP) is 3.84. The molecule has 20 heavy (non-hydrogen) atoms. The topological polar surface area (TPSA) is 46.2 Å². The number of aryl methyl sites for hydroxylation is 1. The Balaban J connectivity index is 2.43. The molecule has 0 unspecified atom stereocenters. The van der Waals surface area contributed by atoms with Gasteiger partial charge in [0.2, 0.25) is 0 Å². The van der Waals surface area contributed by atoms with E-state index in [-0.39, 0.29) is 4.90 Å². The summed E-state index contributed by atoms with van der Waals surface area (Å²) in [5.41, 5.74) is 0.435. The summed E-state index contributed by atoms with van der Waals surface area (Å²) in [6, 6.07) is 7.18. The molecule has 0 saturated carbocycles. The Kier molecular flexibility index (Phi) is 4.10. The van der Waals surface area contributed by atoms with Gasteiger partial charge in [0.05, 0.1) is 5.69 Å². The van der Waals surface area contributed by atoms with Crippen LogP contribution in [0, 0.1) is 18.6 Å². The molecule has 3 nitrogen and oxygen atoms in total. The van der Waals surface area contributed by atoms with Crippen LogP contribution in [0.2, 0.25) is 0 Å². The lowest BCUT2D eigenvalue weighted by Gasteiger charge is -2.11. The molecule has 0 aromatic heterocycles. The Morgan fingerprint density at radius 1 is 1.10 bits per heavy atom.